The van der Waals surface area contributed by atoms with Crippen LogP contribution in [0.25, 0.3) is 11.3 Å². The van der Waals surface area contributed by atoms with Crippen molar-refractivity contribution in [1.82, 2.24) is 19.3 Å². The number of hydrogen-bond acceptors (Lipinski definition) is 2. The van der Waals surface area contributed by atoms with Crippen LogP contribution in [0.1, 0.15) is 0 Å². The molecule has 0 amide bonds. The highest BCUT2D eigenvalue weighted by molar-refractivity contribution is 9.10. The van der Waals surface area contributed by atoms with Crippen LogP contribution >= 0.6 is 15.9 Å². The number of halogens is 1. The van der Waals surface area contributed by atoms with Gasteiger partial charge in [-0.05, 0) is 15.9 Å². The molecule has 3 aromatic heterocycles. The van der Waals surface area contributed by atoms with Crippen LogP contribution in [0.2, 0.25) is 0 Å². The molecule has 0 aliphatic rings. The van der Waals surface area contributed by atoms with Crippen LogP contribution in [0.3, 0.4) is 0 Å². The first kappa shape index (κ1) is 7.93. The Bertz CT molecular complexity index is 623. The first-order chi connectivity index (χ1) is 6.77. The summed E-state index contributed by atoms with van der Waals surface area (Å²) < 4.78 is 6.83. The molecule has 3 heterocycles. The Kier molecular flexibility index (Phi) is 1.44. The summed E-state index contributed by atoms with van der Waals surface area (Å²) in [4.78, 5) is 8.54. The van der Waals surface area contributed by atoms with E-state index < -0.39 is 0 Å². The molecule has 3 aromatic rings. The van der Waals surface area contributed by atoms with Gasteiger partial charge in [0.25, 0.3) is 5.65 Å². The van der Waals surface area contributed by atoms with E-state index in [9.17, 15) is 0 Å². The van der Waals surface area contributed by atoms with Crippen molar-refractivity contribution in [1.29, 1.82) is 0 Å². The van der Waals surface area contributed by atoms with E-state index in [4.69, 9.17) is 0 Å². The van der Waals surface area contributed by atoms with Crippen molar-refractivity contribution >= 4 is 27.2 Å². The Labute approximate surface area is 87.7 Å². The fourth-order valence-electron chi connectivity index (χ4n) is 1.58. The molecule has 0 fully saturated rings. The lowest BCUT2D eigenvalue weighted by Crippen LogP contribution is -2.26. The fraction of sp³-hybridized carbons (Fsp3) is 0.125. The lowest BCUT2D eigenvalue weighted by Gasteiger charge is -1.85. The highest BCUT2D eigenvalue weighted by Crippen LogP contribution is 2.09. The minimum Gasteiger partial charge on any atom is -0.214 e. The average Bonchev–Trinajstić information content (AvgIpc) is 2.68. The minimum atomic E-state index is 0.848. The van der Waals surface area contributed by atoms with E-state index in [1.54, 1.807) is 12.4 Å². The molecule has 0 radical (unpaired) electrons. The molecule has 3 rings (SSSR count). The Hall–Kier alpha value is -1.43. The van der Waals surface area contributed by atoms with Crippen molar-refractivity contribution in [2.45, 2.75) is 0 Å². The van der Waals surface area contributed by atoms with Gasteiger partial charge in [0.15, 0.2) is 0 Å². The molecule has 0 unspecified atom stereocenters. The third-order valence-electron chi connectivity index (χ3n) is 2.20. The van der Waals surface area contributed by atoms with Crippen LogP contribution < -0.4 is 4.52 Å². The van der Waals surface area contributed by atoms with Crippen molar-refractivity contribution in [3.63, 3.8) is 0 Å². The third-order valence-corrected chi connectivity index (χ3v) is 2.61. The van der Waals surface area contributed by atoms with Crippen LogP contribution in [0.15, 0.2) is 29.3 Å². The van der Waals surface area contributed by atoms with Crippen molar-refractivity contribution < 1.29 is 4.52 Å². The van der Waals surface area contributed by atoms with E-state index in [0.29, 0.717) is 0 Å². The molecule has 0 saturated heterocycles. The number of fused-ring (bicyclic) bond motifs is 3. The maximum absolute atomic E-state index is 4.28. The van der Waals surface area contributed by atoms with Gasteiger partial charge in [0.1, 0.15) is 12.4 Å². The largest absolute Gasteiger partial charge is 0.346 e. The molecule has 0 aromatic carbocycles. The molecule has 0 spiro atoms. The van der Waals surface area contributed by atoms with Crippen molar-refractivity contribution in [3.8, 4) is 0 Å². The second-order valence-corrected chi connectivity index (χ2v) is 3.95. The number of rotatable bonds is 0. The molecule has 0 saturated carbocycles. The van der Waals surface area contributed by atoms with Crippen molar-refractivity contribution in [2.75, 3.05) is 0 Å². The van der Waals surface area contributed by atoms with Crippen molar-refractivity contribution in [3.05, 3.63) is 29.3 Å². The predicted molar refractivity (Wildman–Crippen MR) is 52.8 cm³/mol. The van der Waals surface area contributed by atoms with Gasteiger partial charge in [-0.3, -0.25) is 0 Å². The number of aryl methyl sites for hydroxylation is 1. The molecule has 70 valence electrons. The molecule has 0 aliphatic carbocycles. The van der Waals surface area contributed by atoms with Crippen LogP contribution in [0.5, 0.6) is 0 Å². The summed E-state index contributed by atoms with van der Waals surface area (Å²) in [5.41, 5.74) is 1.71. The zero-order valence-corrected chi connectivity index (χ0v) is 9.01. The zero-order chi connectivity index (χ0) is 9.71. The second kappa shape index (κ2) is 2.54. The summed E-state index contributed by atoms with van der Waals surface area (Å²) in [6.45, 7) is 0. The van der Waals surface area contributed by atoms with Gasteiger partial charge in [0.2, 0.25) is 0 Å². The van der Waals surface area contributed by atoms with Crippen LogP contribution in [-0.4, -0.2) is 19.3 Å². The standard InChI is InChI=1S/C8H7BrN5/c1-12-7-8(11-3-2-10-7)13-4-6(9)5-14(12)13/h2-5H,1H3/q+1. The monoisotopic (exact) mass is 252 g/mol. The van der Waals surface area contributed by atoms with E-state index in [2.05, 4.69) is 25.9 Å². The Morgan fingerprint density at radius 3 is 3.00 bits per heavy atom. The predicted octanol–water partition coefficient (Wildman–Crippen LogP) is 0.569. The van der Waals surface area contributed by atoms with Crippen LogP contribution in [-0.2, 0) is 7.05 Å². The van der Waals surface area contributed by atoms with Crippen LogP contribution in [0.4, 0.5) is 0 Å². The van der Waals surface area contributed by atoms with Gasteiger partial charge < -0.3 is 0 Å². The SMILES string of the molecule is Cn1c2nccnc2[n+]2cc(Br)cn12. The lowest BCUT2D eigenvalue weighted by atomic mass is 10.6. The van der Waals surface area contributed by atoms with Gasteiger partial charge in [-0.2, -0.15) is 4.68 Å². The van der Waals surface area contributed by atoms with E-state index in [-0.39, 0.29) is 0 Å². The smallest absolute Gasteiger partial charge is 0.214 e. The minimum absolute atomic E-state index is 0.848. The van der Waals surface area contributed by atoms with Crippen molar-refractivity contribution in [2.24, 2.45) is 7.05 Å². The first-order valence-corrected chi connectivity index (χ1v) is 4.92. The summed E-state index contributed by atoms with van der Waals surface area (Å²) in [5.74, 6) is 0. The molecular weight excluding hydrogens is 246 g/mol. The van der Waals surface area contributed by atoms with Gasteiger partial charge in [0.05, 0.1) is 23.9 Å². The molecule has 6 heteroatoms. The highest BCUT2D eigenvalue weighted by atomic mass is 79.9. The summed E-state index contributed by atoms with van der Waals surface area (Å²) in [7, 11) is 1.95. The summed E-state index contributed by atoms with van der Waals surface area (Å²) in [5, 5.41) is 0. The Morgan fingerprint density at radius 1 is 1.36 bits per heavy atom. The Morgan fingerprint density at radius 2 is 2.14 bits per heavy atom. The quantitative estimate of drug-likeness (QED) is 0.549. The molecular formula is C8H7BrN5+. The molecule has 5 nitrogen and oxygen atoms in total. The lowest BCUT2D eigenvalue weighted by molar-refractivity contribution is -0.597. The maximum atomic E-state index is 4.28. The second-order valence-electron chi connectivity index (χ2n) is 3.04. The maximum Gasteiger partial charge on any atom is 0.346 e. The molecule has 0 atom stereocenters. The van der Waals surface area contributed by atoms with Gasteiger partial charge in [0, 0.05) is 0 Å². The first-order valence-electron chi connectivity index (χ1n) is 4.12. The van der Waals surface area contributed by atoms with E-state index in [0.717, 1.165) is 15.8 Å². The van der Waals surface area contributed by atoms with E-state index >= 15 is 0 Å². The third kappa shape index (κ3) is 0.859. The summed E-state index contributed by atoms with van der Waals surface area (Å²) >= 11 is 3.42. The fourth-order valence-corrected chi connectivity index (χ4v) is 1.96. The average molecular weight is 253 g/mol. The van der Waals surface area contributed by atoms with Gasteiger partial charge in [-0.15, -0.1) is 9.50 Å². The van der Waals surface area contributed by atoms with Gasteiger partial charge >= 0.3 is 5.65 Å². The highest BCUT2D eigenvalue weighted by Gasteiger charge is 2.17. The molecule has 0 N–H and O–H groups in total. The van der Waals surface area contributed by atoms with Gasteiger partial charge in [-0.1, -0.05) is 4.63 Å². The zero-order valence-electron chi connectivity index (χ0n) is 7.42. The van der Waals surface area contributed by atoms with E-state index in [1.807, 2.05) is 33.3 Å². The van der Waals surface area contributed by atoms with E-state index in [1.165, 1.54) is 0 Å². The summed E-state index contributed by atoms with van der Waals surface area (Å²) in [6, 6.07) is 0. The normalized spacial score (nSPS) is 11.6. The molecule has 0 aliphatic heterocycles. The molecule has 14 heavy (non-hydrogen) atoms. The Balaban J connectivity index is 2.65. The van der Waals surface area contributed by atoms with Crippen LogP contribution in [0, 0.1) is 0 Å². The number of aromatic nitrogens is 5. The number of hydrogen-bond donors (Lipinski definition) is 0. The summed E-state index contributed by atoms with van der Waals surface area (Å²) in [6.07, 6.45) is 7.30. The topological polar surface area (TPSA) is 39.2 Å². The number of nitrogens with zero attached hydrogens (tertiary/aromatic N) is 5. The van der Waals surface area contributed by atoms with Gasteiger partial charge in [-0.25, -0.2) is 4.98 Å². The molecule has 0 bridgehead atoms.